The standard InChI is InChI=1S/C8H13N3/c1-11-6-5-9-8(11)10-7-3-2-4-7/h5-7H,2-4H2,1H3,(H,9,10). The fraction of sp³-hybridized carbons (Fsp3) is 0.625. The fourth-order valence-electron chi connectivity index (χ4n) is 1.24. The van der Waals surface area contributed by atoms with Crippen LogP contribution in [-0.2, 0) is 7.05 Å². The smallest absolute Gasteiger partial charge is 0.202 e. The predicted molar refractivity (Wildman–Crippen MR) is 44.5 cm³/mol. The van der Waals surface area contributed by atoms with Crippen molar-refractivity contribution in [2.24, 2.45) is 7.05 Å². The minimum absolute atomic E-state index is 0.677. The molecule has 0 bridgehead atoms. The number of hydrogen-bond acceptors (Lipinski definition) is 2. The van der Waals surface area contributed by atoms with Crippen molar-refractivity contribution >= 4 is 5.95 Å². The van der Waals surface area contributed by atoms with E-state index in [4.69, 9.17) is 0 Å². The zero-order valence-corrected chi connectivity index (χ0v) is 6.75. The van der Waals surface area contributed by atoms with Crippen LogP contribution in [0.15, 0.2) is 12.4 Å². The molecule has 0 aliphatic heterocycles. The lowest BCUT2D eigenvalue weighted by Gasteiger charge is -2.26. The Morgan fingerprint density at radius 2 is 2.45 bits per heavy atom. The average Bonchev–Trinajstić information content (AvgIpc) is 2.27. The highest BCUT2D eigenvalue weighted by Gasteiger charge is 2.17. The summed E-state index contributed by atoms with van der Waals surface area (Å²) >= 11 is 0. The third-order valence-electron chi connectivity index (χ3n) is 2.26. The molecule has 11 heavy (non-hydrogen) atoms. The van der Waals surface area contributed by atoms with Crippen molar-refractivity contribution < 1.29 is 0 Å². The highest BCUT2D eigenvalue weighted by atomic mass is 15.2. The van der Waals surface area contributed by atoms with Crippen LogP contribution < -0.4 is 5.32 Å². The molecule has 0 aromatic carbocycles. The van der Waals surface area contributed by atoms with Gasteiger partial charge in [-0.2, -0.15) is 0 Å². The number of imidazole rings is 1. The molecule has 3 nitrogen and oxygen atoms in total. The SMILES string of the molecule is Cn1ccnc1NC1CCC1. The van der Waals surface area contributed by atoms with E-state index in [0.717, 1.165) is 5.95 Å². The molecule has 1 aliphatic carbocycles. The van der Waals surface area contributed by atoms with Crippen molar-refractivity contribution in [3.05, 3.63) is 12.4 Å². The second kappa shape index (κ2) is 2.57. The van der Waals surface area contributed by atoms with Crippen LogP contribution in [0.4, 0.5) is 5.95 Å². The number of aromatic nitrogens is 2. The molecule has 0 amide bonds. The summed E-state index contributed by atoms with van der Waals surface area (Å²) in [5.41, 5.74) is 0. The Kier molecular flexibility index (Phi) is 1.56. The predicted octanol–water partition coefficient (Wildman–Crippen LogP) is 1.38. The van der Waals surface area contributed by atoms with Crippen molar-refractivity contribution in [3.63, 3.8) is 0 Å². The van der Waals surface area contributed by atoms with E-state index < -0.39 is 0 Å². The summed E-state index contributed by atoms with van der Waals surface area (Å²) in [4.78, 5) is 4.19. The summed E-state index contributed by atoms with van der Waals surface area (Å²) in [5.74, 6) is 0.995. The van der Waals surface area contributed by atoms with Gasteiger partial charge in [0, 0.05) is 25.5 Å². The highest BCUT2D eigenvalue weighted by Crippen LogP contribution is 2.21. The Labute approximate surface area is 66.4 Å². The second-order valence-electron chi connectivity index (χ2n) is 3.13. The summed E-state index contributed by atoms with van der Waals surface area (Å²) < 4.78 is 2.01. The number of rotatable bonds is 2. The van der Waals surface area contributed by atoms with Crippen LogP contribution in [0.1, 0.15) is 19.3 Å². The van der Waals surface area contributed by atoms with E-state index in [0.29, 0.717) is 6.04 Å². The van der Waals surface area contributed by atoms with E-state index in [9.17, 15) is 0 Å². The van der Waals surface area contributed by atoms with Gasteiger partial charge in [-0.05, 0) is 19.3 Å². The first-order chi connectivity index (χ1) is 5.36. The summed E-state index contributed by atoms with van der Waals surface area (Å²) in [7, 11) is 2.01. The van der Waals surface area contributed by atoms with Crippen LogP contribution in [0.5, 0.6) is 0 Å². The monoisotopic (exact) mass is 151 g/mol. The number of nitrogens with zero attached hydrogens (tertiary/aromatic N) is 2. The molecular weight excluding hydrogens is 138 g/mol. The van der Waals surface area contributed by atoms with Gasteiger partial charge in [-0.3, -0.25) is 0 Å². The Hall–Kier alpha value is -0.990. The second-order valence-corrected chi connectivity index (χ2v) is 3.13. The van der Waals surface area contributed by atoms with Gasteiger partial charge in [0.1, 0.15) is 0 Å². The van der Waals surface area contributed by atoms with Gasteiger partial charge in [0.05, 0.1) is 0 Å². The van der Waals surface area contributed by atoms with Gasteiger partial charge in [-0.15, -0.1) is 0 Å². The first-order valence-corrected chi connectivity index (χ1v) is 4.10. The van der Waals surface area contributed by atoms with Crippen LogP contribution in [0.2, 0.25) is 0 Å². The van der Waals surface area contributed by atoms with Crippen LogP contribution in [0.3, 0.4) is 0 Å². The molecule has 0 radical (unpaired) electrons. The van der Waals surface area contributed by atoms with Gasteiger partial charge >= 0.3 is 0 Å². The maximum absolute atomic E-state index is 4.19. The van der Waals surface area contributed by atoms with Crippen molar-refractivity contribution in [2.45, 2.75) is 25.3 Å². The molecule has 1 fully saturated rings. The zero-order valence-electron chi connectivity index (χ0n) is 6.75. The molecule has 1 saturated carbocycles. The van der Waals surface area contributed by atoms with Gasteiger partial charge in [0.15, 0.2) is 0 Å². The third kappa shape index (κ3) is 1.23. The normalized spacial score (nSPS) is 17.9. The van der Waals surface area contributed by atoms with E-state index in [1.807, 2.05) is 24.0 Å². The Morgan fingerprint density at radius 3 is 2.91 bits per heavy atom. The van der Waals surface area contributed by atoms with E-state index >= 15 is 0 Å². The van der Waals surface area contributed by atoms with Crippen LogP contribution in [0, 0.1) is 0 Å². The molecule has 0 unspecified atom stereocenters. The molecule has 1 aliphatic rings. The van der Waals surface area contributed by atoms with Gasteiger partial charge in [-0.1, -0.05) is 0 Å². The molecule has 0 atom stereocenters. The molecule has 3 heteroatoms. The van der Waals surface area contributed by atoms with Crippen LogP contribution >= 0.6 is 0 Å². The number of nitrogens with one attached hydrogen (secondary N) is 1. The highest BCUT2D eigenvalue weighted by molar-refractivity contribution is 5.27. The first-order valence-electron chi connectivity index (χ1n) is 4.10. The summed E-state index contributed by atoms with van der Waals surface area (Å²) in [5, 5.41) is 3.38. The maximum atomic E-state index is 4.19. The number of anilines is 1. The summed E-state index contributed by atoms with van der Waals surface area (Å²) in [6.07, 6.45) is 7.74. The Morgan fingerprint density at radius 1 is 1.64 bits per heavy atom. The lowest BCUT2D eigenvalue weighted by molar-refractivity contribution is 0.442. The maximum Gasteiger partial charge on any atom is 0.202 e. The van der Waals surface area contributed by atoms with Gasteiger partial charge in [0.2, 0.25) is 5.95 Å². The van der Waals surface area contributed by atoms with Crippen LogP contribution in [0.25, 0.3) is 0 Å². The molecular formula is C8H13N3. The molecule has 1 heterocycles. The molecule has 1 N–H and O–H groups in total. The number of hydrogen-bond donors (Lipinski definition) is 1. The minimum atomic E-state index is 0.677. The van der Waals surface area contributed by atoms with Crippen molar-refractivity contribution in [2.75, 3.05) is 5.32 Å². The van der Waals surface area contributed by atoms with Crippen LogP contribution in [-0.4, -0.2) is 15.6 Å². The van der Waals surface area contributed by atoms with Crippen molar-refractivity contribution in [1.82, 2.24) is 9.55 Å². The third-order valence-corrected chi connectivity index (χ3v) is 2.26. The molecule has 60 valence electrons. The van der Waals surface area contributed by atoms with Crippen molar-refractivity contribution in [1.29, 1.82) is 0 Å². The Balaban J connectivity index is 1.99. The van der Waals surface area contributed by atoms with Gasteiger partial charge in [-0.25, -0.2) is 4.98 Å². The molecule has 1 aromatic rings. The van der Waals surface area contributed by atoms with Gasteiger partial charge < -0.3 is 9.88 Å². The molecule has 1 aromatic heterocycles. The quantitative estimate of drug-likeness (QED) is 0.692. The number of aryl methyl sites for hydroxylation is 1. The zero-order chi connectivity index (χ0) is 7.68. The van der Waals surface area contributed by atoms with E-state index in [2.05, 4.69) is 10.3 Å². The van der Waals surface area contributed by atoms with E-state index in [-0.39, 0.29) is 0 Å². The average molecular weight is 151 g/mol. The molecule has 0 spiro atoms. The topological polar surface area (TPSA) is 29.9 Å². The summed E-state index contributed by atoms with van der Waals surface area (Å²) in [6, 6.07) is 0.677. The first kappa shape index (κ1) is 6.70. The fourth-order valence-corrected chi connectivity index (χ4v) is 1.24. The van der Waals surface area contributed by atoms with Crippen molar-refractivity contribution in [3.8, 4) is 0 Å². The largest absolute Gasteiger partial charge is 0.353 e. The van der Waals surface area contributed by atoms with E-state index in [1.54, 1.807) is 0 Å². The molecule has 2 rings (SSSR count). The minimum Gasteiger partial charge on any atom is -0.353 e. The molecule has 0 saturated heterocycles. The summed E-state index contributed by atoms with van der Waals surface area (Å²) in [6.45, 7) is 0. The lowest BCUT2D eigenvalue weighted by atomic mass is 9.93. The van der Waals surface area contributed by atoms with E-state index in [1.165, 1.54) is 19.3 Å². The Bertz CT molecular complexity index is 237. The lowest BCUT2D eigenvalue weighted by Crippen LogP contribution is -2.28. The van der Waals surface area contributed by atoms with Gasteiger partial charge in [0.25, 0.3) is 0 Å².